The Balaban J connectivity index is 1.57. The second kappa shape index (κ2) is 6.52. The fraction of sp³-hybridized carbons (Fsp3) is 0.312. The Hall–Kier alpha value is -1.82. The number of furan rings is 1. The number of carbonyl (C=O) groups is 1. The van der Waals surface area contributed by atoms with Gasteiger partial charge in [0, 0.05) is 16.5 Å². The quantitative estimate of drug-likeness (QED) is 0.894. The second-order valence-corrected chi connectivity index (χ2v) is 6.09. The summed E-state index contributed by atoms with van der Waals surface area (Å²) >= 11 is 3.17. The Morgan fingerprint density at radius 1 is 1.45 bits per heavy atom. The van der Waals surface area contributed by atoms with Crippen LogP contribution in [0.15, 0.2) is 39.4 Å². The van der Waals surface area contributed by atoms with Crippen LogP contribution in [0.4, 0.5) is 4.39 Å². The maximum Gasteiger partial charge on any atom is 0.258 e. The van der Waals surface area contributed by atoms with Crippen molar-refractivity contribution in [3.05, 3.63) is 52.1 Å². The molecule has 4 nitrogen and oxygen atoms in total. The van der Waals surface area contributed by atoms with E-state index in [4.69, 9.17) is 9.15 Å². The summed E-state index contributed by atoms with van der Waals surface area (Å²) < 4.78 is 24.9. The average molecular weight is 368 g/mol. The maximum atomic E-state index is 13.6. The lowest BCUT2D eigenvalue weighted by Gasteiger charge is -2.22. The van der Waals surface area contributed by atoms with Crippen molar-refractivity contribution < 1.29 is 18.3 Å². The molecule has 1 N–H and O–H groups in total. The molecule has 0 saturated heterocycles. The van der Waals surface area contributed by atoms with Crippen molar-refractivity contribution in [2.24, 2.45) is 0 Å². The van der Waals surface area contributed by atoms with Crippen molar-refractivity contribution in [1.29, 1.82) is 0 Å². The van der Waals surface area contributed by atoms with Crippen LogP contribution in [0.2, 0.25) is 0 Å². The van der Waals surface area contributed by atoms with E-state index in [1.807, 2.05) is 6.07 Å². The number of amides is 1. The van der Waals surface area contributed by atoms with Gasteiger partial charge in [-0.3, -0.25) is 4.79 Å². The normalized spacial score (nSPS) is 16.9. The smallest absolute Gasteiger partial charge is 0.258 e. The summed E-state index contributed by atoms with van der Waals surface area (Å²) in [5.74, 6) is 0.209. The molecule has 0 radical (unpaired) electrons. The topological polar surface area (TPSA) is 51.5 Å². The van der Waals surface area contributed by atoms with Crippen LogP contribution in [0.3, 0.4) is 0 Å². The van der Waals surface area contributed by atoms with E-state index in [9.17, 15) is 9.18 Å². The maximum absolute atomic E-state index is 13.6. The van der Waals surface area contributed by atoms with Gasteiger partial charge in [-0.25, -0.2) is 4.39 Å². The predicted molar refractivity (Wildman–Crippen MR) is 82.1 cm³/mol. The number of hydrogen-bond acceptors (Lipinski definition) is 3. The summed E-state index contributed by atoms with van der Waals surface area (Å²) in [5, 5.41) is 2.91. The van der Waals surface area contributed by atoms with E-state index in [-0.39, 0.29) is 24.3 Å². The van der Waals surface area contributed by atoms with Gasteiger partial charge in [-0.15, -0.1) is 0 Å². The van der Waals surface area contributed by atoms with Crippen LogP contribution in [-0.4, -0.2) is 12.5 Å². The average Bonchev–Trinajstić information content (AvgIpc) is 2.96. The van der Waals surface area contributed by atoms with Crippen LogP contribution in [0.5, 0.6) is 5.75 Å². The molecular formula is C16H15BrFNO3. The van der Waals surface area contributed by atoms with E-state index < -0.39 is 5.82 Å². The first-order chi connectivity index (χ1) is 10.6. The van der Waals surface area contributed by atoms with Crippen molar-refractivity contribution in [3.63, 3.8) is 0 Å². The lowest BCUT2D eigenvalue weighted by molar-refractivity contribution is -0.124. The molecule has 1 heterocycles. The van der Waals surface area contributed by atoms with E-state index in [0.29, 0.717) is 4.47 Å². The largest absolute Gasteiger partial charge is 0.481 e. The fourth-order valence-corrected chi connectivity index (χ4v) is 2.94. The van der Waals surface area contributed by atoms with E-state index in [0.717, 1.165) is 30.6 Å². The number of benzene rings is 1. The second-order valence-electron chi connectivity index (χ2n) is 5.17. The molecule has 1 aliphatic rings. The van der Waals surface area contributed by atoms with E-state index in [1.54, 1.807) is 12.3 Å². The summed E-state index contributed by atoms with van der Waals surface area (Å²) in [7, 11) is 0. The summed E-state index contributed by atoms with van der Waals surface area (Å²) in [6, 6.07) is 6.27. The van der Waals surface area contributed by atoms with Crippen LogP contribution < -0.4 is 10.1 Å². The molecule has 0 bridgehead atoms. The van der Waals surface area contributed by atoms with Crippen molar-refractivity contribution >= 4 is 21.8 Å². The zero-order valence-corrected chi connectivity index (χ0v) is 13.4. The highest BCUT2D eigenvalue weighted by Gasteiger charge is 2.24. The van der Waals surface area contributed by atoms with Crippen LogP contribution in [-0.2, 0) is 11.2 Å². The molecule has 116 valence electrons. The molecule has 0 spiro atoms. The van der Waals surface area contributed by atoms with Crippen molar-refractivity contribution in [1.82, 2.24) is 5.32 Å². The number of nitrogens with one attached hydrogen (secondary N) is 1. The minimum Gasteiger partial charge on any atom is -0.481 e. The molecule has 6 heteroatoms. The van der Waals surface area contributed by atoms with Crippen LogP contribution in [0.1, 0.15) is 30.2 Å². The van der Waals surface area contributed by atoms with Gasteiger partial charge in [-0.05, 0) is 37.1 Å². The van der Waals surface area contributed by atoms with Crippen molar-refractivity contribution in [2.45, 2.75) is 25.3 Å². The Morgan fingerprint density at radius 2 is 2.32 bits per heavy atom. The van der Waals surface area contributed by atoms with Crippen molar-refractivity contribution in [2.75, 3.05) is 6.61 Å². The number of rotatable bonds is 4. The van der Waals surface area contributed by atoms with E-state index in [1.165, 1.54) is 12.1 Å². The highest BCUT2D eigenvalue weighted by atomic mass is 79.9. The van der Waals surface area contributed by atoms with E-state index >= 15 is 0 Å². The molecule has 0 aliphatic heterocycles. The third-order valence-corrected chi connectivity index (χ3v) is 4.13. The lowest BCUT2D eigenvalue weighted by atomic mass is 9.93. The molecule has 22 heavy (non-hydrogen) atoms. The highest BCUT2D eigenvalue weighted by molar-refractivity contribution is 9.10. The molecule has 1 atom stereocenters. The third-order valence-electron chi connectivity index (χ3n) is 3.64. The highest BCUT2D eigenvalue weighted by Crippen LogP contribution is 2.30. The third kappa shape index (κ3) is 3.32. The predicted octanol–water partition coefficient (Wildman–Crippen LogP) is 3.75. The summed E-state index contributed by atoms with van der Waals surface area (Å²) in [5.41, 5.74) is 1.02. The molecular weight excluding hydrogens is 353 g/mol. The molecule has 1 aliphatic carbocycles. The minimum atomic E-state index is -0.503. The number of ether oxygens (including phenoxy) is 1. The van der Waals surface area contributed by atoms with Crippen LogP contribution in [0, 0.1) is 5.82 Å². The molecule has 2 aromatic rings. The number of aryl methyl sites for hydroxylation is 1. The number of halogens is 2. The van der Waals surface area contributed by atoms with Gasteiger partial charge in [0.15, 0.2) is 18.2 Å². The Kier molecular flexibility index (Phi) is 4.47. The summed E-state index contributed by atoms with van der Waals surface area (Å²) in [4.78, 5) is 12.0. The SMILES string of the molecule is O=C(COc1ccc(Br)cc1F)NC1CCCc2occc21. The van der Waals surface area contributed by atoms with Crippen molar-refractivity contribution in [3.8, 4) is 5.75 Å². The minimum absolute atomic E-state index is 0.0611. The fourth-order valence-electron chi connectivity index (χ4n) is 2.61. The number of carbonyl (C=O) groups excluding carboxylic acids is 1. The first-order valence-corrected chi connectivity index (χ1v) is 7.86. The Bertz CT molecular complexity index is 686. The first kappa shape index (κ1) is 15.1. The van der Waals surface area contributed by atoms with E-state index in [2.05, 4.69) is 21.2 Å². The van der Waals surface area contributed by atoms with Gasteiger partial charge in [0.1, 0.15) is 5.76 Å². The van der Waals surface area contributed by atoms with Crippen LogP contribution in [0.25, 0.3) is 0 Å². The van der Waals surface area contributed by atoms with Gasteiger partial charge in [0.25, 0.3) is 5.91 Å². The lowest BCUT2D eigenvalue weighted by Crippen LogP contribution is -2.34. The van der Waals surface area contributed by atoms with Gasteiger partial charge in [0.05, 0.1) is 12.3 Å². The molecule has 1 aromatic heterocycles. The summed E-state index contributed by atoms with van der Waals surface area (Å²) in [6.07, 6.45) is 4.37. The number of hydrogen-bond donors (Lipinski definition) is 1. The van der Waals surface area contributed by atoms with Crippen LogP contribution >= 0.6 is 15.9 Å². The van der Waals surface area contributed by atoms with Gasteiger partial charge >= 0.3 is 0 Å². The molecule has 1 amide bonds. The Labute approximate surface area is 135 Å². The van der Waals surface area contributed by atoms with Gasteiger partial charge in [0.2, 0.25) is 0 Å². The zero-order valence-electron chi connectivity index (χ0n) is 11.8. The number of fused-ring (bicyclic) bond motifs is 1. The molecule has 1 unspecified atom stereocenters. The standard InChI is InChI=1S/C16H15BrFNO3/c17-10-4-5-15(12(18)8-10)22-9-16(20)19-13-2-1-3-14-11(13)6-7-21-14/h4-8,13H,1-3,9H2,(H,19,20). The zero-order chi connectivity index (χ0) is 15.5. The monoisotopic (exact) mass is 367 g/mol. The molecule has 3 rings (SSSR count). The molecule has 0 saturated carbocycles. The molecule has 0 fully saturated rings. The van der Waals surface area contributed by atoms with Gasteiger partial charge in [-0.2, -0.15) is 0 Å². The Morgan fingerprint density at radius 3 is 3.14 bits per heavy atom. The summed E-state index contributed by atoms with van der Waals surface area (Å²) in [6.45, 7) is -0.220. The molecule has 1 aromatic carbocycles. The van der Waals surface area contributed by atoms with Gasteiger partial charge < -0.3 is 14.5 Å². The first-order valence-electron chi connectivity index (χ1n) is 7.07. The van der Waals surface area contributed by atoms with Gasteiger partial charge in [-0.1, -0.05) is 15.9 Å².